The van der Waals surface area contributed by atoms with Crippen molar-refractivity contribution in [3.63, 3.8) is 0 Å². The second kappa shape index (κ2) is 8.36. The summed E-state index contributed by atoms with van der Waals surface area (Å²) in [7, 11) is 0. The Morgan fingerprint density at radius 2 is 2.14 bits per heavy atom. The van der Waals surface area contributed by atoms with Crippen molar-refractivity contribution in [1.82, 2.24) is 10.2 Å². The summed E-state index contributed by atoms with van der Waals surface area (Å²) in [6, 6.07) is 3.09. The lowest BCUT2D eigenvalue weighted by Crippen LogP contribution is -2.49. The molecule has 1 aliphatic heterocycles. The van der Waals surface area contributed by atoms with Crippen LogP contribution in [0.15, 0.2) is 17.5 Å². The maximum Gasteiger partial charge on any atom is 0.261 e. The number of nitrogens with two attached hydrogens (primary N) is 1. The standard InChI is InChI=1S/C14H21N3O2S.ClH/c1-10(16-13(18)12-3-2-8-20-12)14(19)17-6-4-11(9-15)5-7-17;/h2-3,8,10-11H,4-7,9,15H2,1H3,(H,16,18);1H. The van der Waals surface area contributed by atoms with Gasteiger partial charge in [0.25, 0.3) is 5.91 Å². The predicted molar refractivity (Wildman–Crippen MR) is 86.9 cm³/mol. The highest BCUT2D eigenvalue weighted by atomic mass is 35.5. The molecular weight excluding hydrogens is 310 g/mol. The first kappa shape index (κ1) is 17.9. The lowest BCUT2D eigenvalue weighted by molar-refractivity contribution is -0.134. The van der Waals surface area contributed by atoms with E-state index in [-0.39, 0.29) is 24.2 Å². The molecule has 1 aromatic heterocycles. The summed E-state index contributed by atoms with van der Waals surface area (Å²) in [4.78, 5) is 26.7. The van der Waals surface area contributed by atoms with Crippen molar-refractivity contribution in [3.05, 3.63) is 22.4 Å². The molecule has 5 nitrogen and oxygen atoms in total. The van der Waals surface area contributed by atoms with Crippen LogP contribution in [0.1, 0.15) is 29.4 Å². The lowest BCUT2D eigenvalue weighted by atomic mass is 9.97. The summed E-state index contributed by atoms with van der Waals surface area (Å²) in [5.41, 5.74) is 5.65. The Kier molecular flexibility index (Phi) is 7.14. The molecule has 2 amide bonds. The van der Waals surface area contributed by atoms with E-state index in [0.717, 1.165) is 25.9 Å². The van der Waals surface area contributed by atoms with Crippen LogP contribution in [0.5, 0.6) is 0 Å². The fourth-order valence-electron chi connectivity index (χ4n) is 2.40. The minimum Gasteiger partial charge on any atom is -0.341 e. The molecule has 2 heterocycles. The van der Waals surface area contributed by atoms with Gasteiger partial charge in [-0.15, -0.1) is 23.7 Å². The van der Waals surface area contributed by atoms with Crippen LogP contribution in [0.2, 0.25) is 0 Å². The molecule has 0 bridgehead atoms. The zero-order valence-electron chi connectivity index (χ0n) is 12.1. The van der Waals surface area contributed by atoms with Crippen LogP contribution in [0, 0.1) is 5.92 Å². The van der Waals surface area contributed by atoms with Crippen molar-refractivity contribution in [1.29, 1.82) is 0 Å². The number of piperidine rings is 1. The predicted octanol–water partition coefficient (Wildman–Crippen LogP) is 1.49. The van der Waals surface area contributed by atoms with Gasteiger partial charge < -0.3 is 16.0 Å². The molecule has 2 rings (SSSR count). The number of likely N-dealkylation sites (tertiary alicyclic amines) is 1. The third kappa shape index (κ3) is 4.69. The Hall–Kier alpha value is -1.11. The molecule has 1 unspecified atom stereocenters. The Morgan fingerprint density at radius 1 is 1.48 bits per heavy atom. The van der Waals surface area contributed by atoms with Crippen LogP contribution in [0.4, 0.5) is 0 Å². The summed E-state index contributed by atoms with van der Waals surface area (Å²) < 4.78 is 0. The van der Waals surface area contributed by atoms with Crippen molar-refractivity contribution in [2.75, 3.05) is 19.6 Å². The zero-order valence-corrected chi connectivity index (χ0v) is 13.7. The van der Waals surface area contributed by atoms with E-state index in [0.29, 0.717) is 17.3 Å². The van der Waals surface area contributed by atoms with Gasteiger partial charge in [-0.25, -0.2) is 0 Å². The third-order valence-corrected chi connectivity index (χ3v) is 4.59. The first-order chi connectivity index (χ1) is 9.61. The summed E-state index contributed by atoms with van der Waals surface area (Å²) in [5.74, 6) is 0.332. The lowest BCUT2D eigenvalue weighted by Gasteiger charge is -2.33. The zero-order chi connectivity index (χ0) is 14.5. The summed E-state index contributed by atoms with van der Waals surface area (Å²) in [6.45, 7) is 3.90. The average Bonchev–Trinajstić information content (AvgIpc) is 3.01. The van der Waals surface area contributed by atoms with Gasteiger partial charge >= 0.3 is 0 Å². The van der Waals surface area contributed by atoms with Crippen molar-refractivity contribution in [3.8, 4) is 0 Å². The topological polar surface area (TPSA) is 75.4 Å². The maximum absolute atomic E-state index is 12.3. The molecule has 1 saturated heterocycles. The van der Waals surface area contributed by atoms with Gasteiger partial charge in [0, 0.05) is 13.1 Å². The number of nitrogens with one attached hydrogen (secondary N) is 1. The molecule has 118 valence electrons. The van der Waals surface area contributed by atoms with Gasteiger partial charge in [-0.1, -0.05) is 6.07 Å². The smallest absolute Gasteiger partial charge is 0.261 e. The Labute approximate surface area is 135 Å². The maximum atomic E-state index is 12.3. The number of amides is 2. The summed E-state index contributed by atoms with van der Waals surface area (Å²) >= 11 is 1.37. The number of rotatable bonds is 4. The van der Waals surface area contributed by atoms with E-state index in [4.69, 9.17) is 5.73 Å². The minimum absolute atomic E-state index is 0. The number of nitrogens with zero attached hydrogens (tertiary/aromatic N) is 1. The summed E-state index contributed by atoms with van der Waals surface area (Å²) in [5, 5.41) is 4.61. The second-order valence-electron chi connectivity index (χ2n) is 5.18. The quantitative estimate of drug-likeness (QED) is 0.877. The minimum atomic E-state index is -0.487. The van der Waals surface area contributed by atoms with Crippen LogP contribution < -0.4 is 11.1 Å². The van der Waals surface area contributed by atoms with E-state index >= 15 is 0 Å². The first-order valence-corrected chi connectivity index (χ1v) is 7.83. The molecule has 0 aliphatic carbocycles. The molecule has 1 aliphatic rings. The second-order valence-corrected chi connectivity index (χ2v) is 6.12. The molecule has 1 atom stereocenters. The molecule has 7 heteroatoms. The van der Waals surface area contributed by atoms with Gasteiger partial charge in [-0.3, -0.25) is 9.59 Å². The Morgan fingerprint density at radius 3 is 2.67 bits per heavy atom. The number of hydrogen-bond acceptors (Lipinski definition) is 4. The van der Waals surface area contributed by atoms with E-state index in [9.17, 15) is 9.59 Å². The molecule has 0 radical (unpaired) electrons. The van der Waals surface area contributed by atoms with E-state index in [2.05, 4.69) is 5.32 Å². The van der Waals surface area contributed by atoms with Gasteiger partial charge in [0.2, 0.25) is 5.91 Å². The van der Waals surface area contributed by atoms with E-state index in [1.165, 1.54) is 11.3 Å². The molecular formula is C14H22ClN3O2S. The molecule has 0 aromatic carbocycles. The Bertz CT molecular complexity index is 459. The van der Waals surface area contributed by atoms with Crippen LogP contribution in [-0.2, 0) is 4.79 Å². The third-order valence-electron chi connectivity index (χ3n) is 3.72. The number of hydrogen-bond donors (Lipinski definition) is 2. The SMILES string of the molecule is CC(NC(=O)c1cccs1)C(=O)N1CCC(CN)CC1.Cl. The highest BCUT2D eigenvalue weighted by Gasteiger charge is 2.26. The number of thiophene rings is 1. The monoisotopic (exact) mass is 331 g/mol. The molecule has 1 fully saturated rings. The van der Waals surface area contributed by atoms with Crippen molar-refractivity contribution in [2.45, 2.75) is 25.8 Å². The van der Waals surface area contributed by atoms with Gasteiger partial charge in [0.05, 0.1) is 4.88 Å². The number of halogens is 1. The molecule has 0 spiro atoms. The van der Waals surface area contributed by atoms with Gasteiger partial charge in [0.15, 0.2) is 0 Å². The van der Waals surface area contributed by atoms with Crippen molar-refractivity contribution >= 4 is 35.6 Å². The molecule has 21 heavy (non-hydrogen) atoms. The van der Waals surface area contributed by atoms with Crippen LogP contribution in [0.25, 0.3) is 0 Å². The summed E-state index contributed by atoms with van der Waals surface area (Å²) in [6.07, 6.45) is 1.90. The van der Waals surface area contributed by atoms with Crippen LogP contribution >= 0.6 is 23.7 Å². The van der Waals surface area contributed by atoms with Crippen LogP contribution in [0.3, 0.4) is 0 Å². The van der Waals surface area contributed by atoms with E-state index in [1.54, 1.807) is 13.0 Å². The van der Waals surface area contributed by atoms with Crippen molar-refractivity contribution in [2.24, 2.45) is 11.7 Å². The number of carbonyl (C=O) groups excluding carboxylic acids is 2. The van der Waals surface area contributed by atoms with E-state index < -0.39 is 6.04 Å². The molecule has 3 N–H and O–H groups in total. The van der Waals surface area contributed by atoms with Gasteiger partial charge in [-0.05, 0) is 43.7 Å². The number of carbonyl (C=O) groups is 2. The first-order valence-electron chi connectivity index (χ1n) is 6.95. The molecule has 0 saturated carbocycles. The van der Waals surface area contributed by atoms with Gasteiger partial charge in [-0.2, -0.15) is 0 Å². The fraction of sp³-hybridized carbons (Fsp3) is 0.571. The normalized spacial score (nSPS) is 17.0. The average molecular weight is 332 g/mol. The fourth-order valence-corrected chi connectivity index (χ4v) is 3.03. The van der Waals surface area contributed by atoms with Crippen molar-refractivity contribution < 1.29 is 9.59 Å². The highest BCUT2D eigenvalue weighted by Crippen LogP contribution is 2.16. The Balaban J connectivity index is 0.00000220. The largest absolute Gasteiger partial charge is 0.341 e. The van der Waals surface area contributed by atoms with Crippen LogP contribution in [-0.4, -0.2) is 42.4 Å². The van der Waals surface area contributed by atoms with Gasteiger partial charge in [0.1, 0.15) is 6.04 Å². The molecule has 1 aromatic rings. The highest BCUT2D eigenvalue weighted by molar-refractivity contribution is 7.12. The van der Waals surface area contributed by atoms with E-state index in [1.807, 2.05) is 16.3 Å².